The number of nitrogens with zero attached hydrogens (tertiary/aromatic N) is 2. The zero-order chi connectivity index (χ0) is 10.2. The Kier molecular flexibility index (Phi) is 2.18. The lowest BCUT2D eigenvalue weighted by Gasteiger charge is -2.18. The van der Waals surface area contributed by atoms with Crippen LogP contribution in [0.15, 0.2) is 4.52 Å². The molecule has 1 aromatic heterocycles. The van der Waals surface area contributed by atoms with Gasteiger partial charge in [0.05, 0.1) is 5.75 Å². The summed E-state index contributed by atoms with van der Waals surface area (Å²) in [6.45, 7) is 0. The second-order valence-electron chi connectivity index (χ2n) is 3.34. The lowest BCUT2D eigenvalue weighted by molar-refractivity contribution is 0.364. The average Bonchev–Trinajstić information content (AvgIpc) is 2.51. The van der Waals surface area contributed by atoms with Crippen molar-refractivity contribution in [3.63, 3.8) is 0 Å². The summed E-state index contributed by atoms with van der Waals surface area (Å²) in [6.07, 6.45) is 2.12. The van der Waals surface area contributed by atoms with E-state index in [2.05, 4.69) is 10.1 Å². The van der Waals surface area contributed by atoms with Gasteiger partial charge in [-0.25, -0.2) is 8.42 Å². The number of sulfone groups is 1. The fourth-order valence-corrected chi connectivity index (χ4v) is 3.43. The normalized spacial score (nSPS) is 26.1. The molecule has 78 valence electrons. The van der Waals surface area contributed by atoms with Gasteiger partial charge in [0.1, 0.15) is 5.25 Å². The third-order valence-electron chi connectivity index (χ3n) is 2.31. The lowest BCUT2D eigenvalue weighted by Crippen LogP contribution is -2.21. The van der Waals surface area contributed by atoms with Crippen molar-refractivity contribution in [3.8, 4) is 0 Å². The first-order chi connectivity index (χ1) is 6.59. The maximum Gasteiger partial charge on any atom is 0.260 e. The SMILES string of the molecule is Nc1noc(C2CCCCS2(=O)=O)n1. The van der Waals surface area contributed by atoms with Crippen LogP contribution in [0.5, 0.6) is 0 Å². The summed E-state index contributed by atoms with van der Waals surface area (Å²) < 4.78 is 28.0. The smallest absolute Gasteiger partial charge is 0.260 e. The maximum atomic E-state index is 11.6. The molecule has 0 aromatic carbocycles. The third kappa shape index (κ3) is 1.59. The van der Waals surface area contributed by atoms with Crippen molar-refractivity contribution in [2.75, 3.05) is 11.5 Å². The average molecular weight is 217 g/mol. The van der Waals surface area contributed by atoms with Crippen molar-refractivity contribution in [2.45, 2.75) is 24.5 Å². The van der Waals surface area contributed by atoms with E-state index < -0.39 is 15.1 Å². The van der Waals surface area contributed by atoms with Crippen LogP contribution in [0.25, 0.3) is 0 Å². The largest absolute Gasteiger partial charge is 0.365 e. The molecule has 1 aliphatic rings. The van der Waals surface area contributed by atoms with Gasteiger partial charge < -0.3 is 10.3 Å². The van der Waals surface area contributed by atoms with Crippen LogP contribution in [0.2, 0.25) is 0 Å². The van der Waals surface area contributed by atoms with Gasteiger partial charge >= 0.3 is 0 Å². The molecule has 1 aliphatic heterocycles. The van der Waals surface area contributed by atoms with Crippen LogP contribution in [-0.4, -0.2) is 24.3 Å². The highest BCUT2D eigenvalue weighted by atomic mass is 32.2. The van der Waals surface area contributed by atoms with Crippen LogP contribution in [0.4, 0.5) is 5.95 Å². The lowest BCUT2D eigenvalue weighted by atomic mass is 10.2. The molecule has 7 heteroatoms. The van der Waals surface area contributed by atoms with Gasteiger partial charge in [-0.3, -0.25) is 0 Å². The molecule has 1 saturated heterocycles. The van der Waals surface area contributed by atoms with Crippen molar-refractivity contribution >= 4 is 15.8 Å². The van der Waals surface area contributed by atoms with E-state index in [-0.39, 0.29) is 17.6 Å². The molecule has 0 bridgehead atoms. The van der Waals surface area contributed by atoms with Gasteiger partial charge in [-0.2, -0.15) is 4.98 Å². The zero-order valence-electron chi connectivity index (χ0n) is 7.51. The van der Waals surface area contributed by atoms with Gasteiger partial charge in [0, 0.05) is 0 Å². The monoisotopic (exact) mass is 217 g/mol. The molecular formula is C7H11N3O3S. The van der Waals surface area contributed by atoms with Crippen LogP contribution >= 0.6 is 0 Å². The van der Waals surface area contributed by atoms with Crippen molar-refractivity contribution in [1.82, 2.24) is 10.1 Å². The van der Waals surface area contributed by atoms with Gasteiger partial charge in [0.25, 0.3) is 5.95 Å². The predicted molar refractivity (Wildman–Crippen MR) is 49.1 cm³/mol. The summed E-state index contributed by atoms with van der Waals surface area (Å²) in [4.78, 5) is 3.75. The van der Waals surface area contributed by atoms with E-state index in [4.69, 9.17) is 10.3 Å². The number of aromatic nitrogens is 2. The molecule has 0 aliphatic carbocycles. The first-order valence-corrected chi connectivity index (χ1v) is 6.12. The number of nitrogen functional groups attached to an aromatic ring is 1. The van der Waals surface area contributed by atoms with E-state index in [9.17, 15) is 8.42 Å². The highest BCUT2D eigenvalue weighted by Gasteiger charge is 2.34. The van der Waals surface area contributed by atoms with E-state index >= 15 is 0 Å². The maximum absolute atomic E-state index is 11.6. The van der Waals surface area contributed by atoms with Crippen molar-refractivity contribution in [3.05, 3.63) is 5.89 Å². The molecule has 6 nitrogen and oxygen atoms in total. The van der Waals surface area contributed by atoms with E-state index in [0.29, 0.717) is 12.8 Å². The summed E-state index contributed by atoms with van der Waals surface area (Å²) in [5.74, 6) is 0.308. The minimum atomic E-state index is -3.12. The Morgan fingerprint density at radius 3 is 2.79 bits per heavy atom. The van der Waals surface area contributed by atoms with Crippen LogP contribution in [0.1, 0.15) is 30.4 Å². The third-order valence-corrected chi connectivity index (χ3v) is 4.47. The van der Waals surface area contributed by atoms with Crippen molar-refractivity contribution in [1.29, 1.82) is 0 Å². The standard InChI is InChI=1S/C7H11N3O3S/c8-7-9-6(13-10-7)5-3-1-2-4-14(5,11)12/h5H,1-4H2,(H2,8,10). The Labute approximate surface area is 81.4 Å². The molecule has 2 rings (SSSR count). The molecule has 1 fully saturated rings. The van der Waals surface area contributed by atoms with Crippen LogP contribution in [0.3, 0.4) is 0 Å². The molecule has 1 atom stereocenters. The van der Waals surface area contributed by atoms with E-state index in [0.717, 1.165) is 6.42 Å². The van der Waals surface area contributed by atoms with Gasteiger partial charge in [-0.05, 0) is 18.0 Å². The van der Waals surface area contributed by atoms with Crippen LogP contribution in [-0.2, 0) is 9.84 Å². The summed E-state index contributed by atoms with van der Waals surface area (Å²) >= 11 is 0. The zero-order valence-corrected chi connectivity index (χ0v) is 8.33. The Bertz CT molecular complexity index is 425. The van der Waals surface area contributed by atoms with Crippen LogP contribution < -0.4 is 5.73 Å². The summed E-state index contributed by atoms with van der Waals surface area (Å²) in [5.41, 5.74) is 5.26. The Balaban J connectivity index is 2.33. The minimum absolute atomic E-state index is 0.0132. The first-order valence-electron chi connectivity index (χ1n) is 4.40. The Morgan fingerprint density at radius 1 is 1.43 bits per heavy atom. The van der Waals surface area contributed by atoms with Crippen molar-refractivity contribution < 1.29 is 12.9 Å². The number of rotatable bonds is 1. The van der Waals surface area contributed by atoms with Gasteiger partial charge in [-0.15, -0.1) is 0 Å². The Morgan fingerprint density at radius 2 is 2.21 bits per heavy atom. The van der Waals surface area contributed by atoms with Gasteiger partial charge in [0.2, 0.25) is 5.89 Å². The topological polar surface area (TPSA) is 99.1 Å². The highest BCUT2D eigenvalue weighted by molar-refractivity contribution is 7.91. The minimum Gasteiger partial charge on any atom is -0.365 e. The summed E-state index contributed by atoms with van der Waals surface area (Å²) in [5, 5.41) is 2.73. The summed E-state index contributed by atoms with van der Waals surface area (Å²) in [7, 11) is -3.12. The fourth-order valence-electron chi connectivity index (χ4n) is 1.61. The molecular weight excluding hydrogens is 206 g/mol. The molecule has 2 heterocycles. The number of hydrogen-bond acceptors (Lipinski definition) is 6. The molecule has 0 radical (unpaired) electrons. The van der Waals surface area contributed by atoms with Crippen LogP contribution in [0, 0.1) is 0 Å². The first kappa shape index (κ1) is 9.45. The predicted octanol–water partition coefficient (Wildman–Crippen LogP) is 0.292. The molecule has 0 saturated carbocycles. The number of anilines is 1. The van der Waals surface area contributed by atoms with E-state index in [1.54, 1.807) is 0 Å². The molecule has 1 unspecified atom stereocenters. The molecule has 0 spiro atoms. The molecule has 0 amide bonds. The molecule has 2 N–H and O–H groups in total. The fraction of sp³-hybridized carbons (Fsp3) is 0.714. The van der Waals surface area contributed by atoms with Crippen molar-refractivity contribution in [2.24, 2.45) is 0 Å². The Hall–Kier alpha value is -1.11. The quantitative estimate of drug-likeness (QED) is 0.725. The second-order valence-corrected chi connectivity index (χ2v) is 5.65. The van der Waals surface area contributed by atoms with E-state index in [1.807, 2.05) is 0 Å². The summed E-state index contributed by atoms with van der Waals surface area (Å²) in [6, 6.07) is 0. The number of hydrogen-bond donors (Lipinski definition) is 1. The van der Waals surface area contributed by atoms with E-state index in [1.165, 1.54) is 0 Å². The molecule has 14 heavy (non-hydrogen) atoms. The highest BCUT2D eigenvalue weighted by Crippen LogP contribution is 2.32. The number of nitrogens with two attached hydrogens (primary N) is 1. The van der Waals surface area contributed by atoms with Gasteiger partial charge in [-0.1, -0.05) is 6.42 Å². The molecule has 1 aromatic rings. The van der Waals surface area contributed by atoms with Gasteiger partial charge in [0.15, 0.2) is 9.84 Å². The second kappa shape index (κ2) is 3.23.